The molecule has 9 aromatic rings. The molecule has 3 nitrogen and oxygen atoms in total. The van der Waals surface area contributed by atoms with Crippen LogP contribution in [-0.4, -0.2) is 17.3 Å². The van der Waals surface area contributed by atoms with Crippen molar-refractivity contribution in [1.29, 1.82) is 0 Å². The molecule has 1 atom stereocenters. The van der Waals surface area contributed by atoms with Crippen molar-refractivity contribution >= 4 is 61.2 Å². The maximum absolute atomic E-state index is 5.65. The van der Waals surface area contributed by atoms with E-state index in [1.807, 2.05) is 6.08 Å². The molecule has 0 saturated carbocycles. The number of rotatable bonds is 14. The third kappa shape index (κ3) is 10.5. The molecule has 348 valence electrons. The van der Waals surface area contributed by atoms with Crippen LogP contribution < -0.4 is 0 Å². The van der Waals surface area contributed by atoms with Crippen LogP contribution >= 0.6 is 0 Å². The van der Waals surface area contributed by atoms with Gasteiger partial charge in [-0.05, 0) is 139 Å². The molecule has 0 N–H and O–H groups in total. The van der Waals surface area contributed by atoms with Crippen molar-refractivity contribution < 1.29 is 0 Å². The van der Waals surface area contributed by atoms with Crippen LogP contribution in [0.1, 0.15) is 109 Å². The van der Waals surface area contributed by atoms with Crippen LogP contribution in [0, 0.1) is 0 Å². The number of aliphatic imine (C=N–C) groups is 3. The first kappa shape index (κ1) is 46.7. The van der Waals surface area contributed by atoms with E-state index in [1.165, 1.54) is 65.9 Å². The summed E-state index contributed by atoms with van der Waals surface area (Å²) >= 11 is 0. The average molecular weight is 920 g/mol. The molecular weight excluding hydrogens is 859 g/mol. The van der Waals surface area contributed by atoms with Gasteiger partial charge in [0.05, 0.1) is 24.0 Å². The van der Waals surface area contributed by atoms with Crippen LogP contribution in [0.15, 0.2) is 234 Å². The zero-order chi connectivity index (χ0) is 48.7. The van der Waals surface area contributed by atoms with E-state index >= 15 is 0 Å². The number of nitrogens with zero attached hydrogens (tertiary/aromatic N) is 3. The van der Waals surface area contributed by atoms with Crippen molar-refractivity contribution in [2.75, 3.05) is 0 Å². The number of amidine groups is 1. The lowest BCUT2D eigenvalue weighted by atomic mass is 9.77. The molecule has 71 heavy (non-hydrogen) atoms. The Kier molecular flexibility index (Phi) is 13.8. The van der Waals surface area contributed by atoms with Crippen molar-refractivity contribution in [2.24, 2.45) is 15.0 Å². The van der Waals surface area contributed by atoms with Crippen LogP contribution in [0.4, 0.5) is 0 Å². The van der Waals surface area contributed by atoms with Crippen LogP contribution in [0.5, 0.6) is 0 Å². The van der Waals surface area contributed by atoms with E-state index in [2.05, 4.69) is 247 Å². The molecule has 1 aliphatic carbocycles. The fourth-order valence-corrected chi connectivity index (χ4v) is 9.96. The van der Waals surface area contributed by atoms with Gasteiger partial charge in [0.1, 0.15) is 0 Å². The predicted molar refractivity (Wildman–Crippen MR) is 305 cm³/mol. The van der Waals surface area contributed by atoms with Crippen LogP contribution in [0.2, 0.25) is 0 Å². The van der Waals surface area contributed by atoms with Gasteiger partial charge < -0.3 is 0 Å². The second-order valence-corrected chi connectivity index (χ2v) is 19.5. The molecule has 0 spiro atoms. The van der Waals surface area contributed by atoms with Crippen molar-refractivity contribution in [3.05, 3.63) is 275 Å². The molecule has 0 radical (unpaired) electrons. The van der Waals surface area contributed by atoms with E-state index in [0.29, 0.717) is 12.4 Å². The van der Waals surface area contributed by atoms with E-state index in [4.69, 9.17) is 15.0 Å². The summed E-state index contributed by atoms with van der Waals surface area (Å²) < 4.78 is 0. The van der Waals surface area contributed by atoms with Crippen molar-refractivity contribution in [2.45, 2.75) is 71.4 Å². The molecule has 0 saturated heterocycles. The molecular formula is C68H61N3. The first-order valence-electron chi connectivity index (χ1n) is 25.2. The van der Waals surface area contributed by atoms with E-state index in [9.17, 15) is 0 Å². The largest absolute Gasteiger partial charge is 0.277 e. The first-order valence-corrected chi connectivity index (χ1v) is 25.2. The monoisotopic (exact) mass is 919 g/mol. The Bertz CT molecular complexity index is 3560. The Morgan fingerprint density at radius 3 is 1.79 bits per heavy atom. The molecule has 1 aliphatic rings. The third-order valence-corrected chi connectivity index (χ3v) is 14.3. The molecule has 3 heteroatoms. The normalized spacial score (nSPS) is 14.0. The number of hydrogen-bond donors (Lipinski definition) is 0. The van der Waals surface area contributed by atoms with Crippen molar-refractivity contribution in [1.82, 2.24) is 0 Å². The predicted octanol–water partition coefficient (Wildman–Crippen LogP) is 17.5. The lowest BCUT2D eigenvalue weighted by Crippen LogP contribution is -2.19. The average Bonchev–Trinajstić information content (AvgIpc) is 3.42. The van der Waals surface area contributed by atoms with Crippen molar-refractivity contribution in [3.8, 4) is 0 Å². The molecule has 0 aliphatic heterocycles. The van der Waals surface area contributed by atoms with Gasteiger partial charge in [-0.3, -0.25) is 9.98 Å². The van der Waals surface area contributed by atoms with Gasteiger partial charge in [0.2, 0.25) is 0 Å². The summed E-state index contributed by atoms with van der Waals surface area (Å²) in [5, 5.41) is 7.27. The zero-order valence-corrected chi connectivity index (χ0v) is 41.4. The highest BCUT2D eigenvalue weighted by Crippen LogP contribution is 2.35. The van der Waals surface area contributed by atoms with E-state index < -0.39 is 0 Å². The summed E-state index contributed by atoms with van der Waals surface area (Å²) in [5.41, 5.74) is 14.6. The molecule has 0 heterocycles. The van der Waals surface area contributed by atoms with E-state index in [1.54, 1.807) is 0 Å². The van der Waals surface area contributed by atoms with Crippen LogP contribution in [0.25, 0.3) is 44.0 Å². The molecule has 0 bridgehead atoms. The number of benzene rings is 9. The summed E-state index contributed by atoms with van der Waals surface area (Å²) in [5.74, 6) is 0.672. The van der Waals surface area contributed by atoms with Gasteiger partial charge in [-0.1, -0.05) is 216 Å². The van der Waals surface area contributed by atoms with Gasteiger partial charge in [-0.25, -0.2) is 4.99 Å². The maximum Gasteiger partial charge on any atom is 0.155 e. The summed E-state index contributed by atoms with van der Waals surface area (Å²) in [6.45, 7) is 13.8. The maximum atomic E-state index is 5.65. The second-order valence-electron chi connectivity index (χ2n) is 19.5. The van der Waals surface area contributed by atoms with E-state index in [-0.39, 0.29) is 11.5 Å². The van der Waals surface area contributed by atoms with Gasteiger partial charge in [0.25, 0.3) is 0 Å². The minimum Gasteiger partial charge on any atom is -0.277 e. The molecule has 9 aromatic carbocycles. The number of fused-ring (bicyclic) bond motifs is 4. The summed E-state index contributed by atoms with van der Waals surface area (Å²) in [7, 11) is 0. The van der Waals surface area contributed by atoms with Crippen LogP contribution in [0.3, 0.4) is 0 Å². The Labute approximate surface area is 420 Å². The minimum absolute atomic E-state index is 0.00149. The standard InChI is InChI=1S/C68H61N3/c1-6-16-65(70-66(61-32-29-52-20-11-15-24-59(52)45-61)41-47(3)55-30-27-50-18-9-13-22-57(50)43-55)53-33-37-62(38-34-53)68(4,5)63-39-35-54(36-40-63)67(69-46-48-25-26-49-17-8-12-21-56(49)42-48)71-64(7-2)60-31-28-51-19-10-14-23-58(51)44-60/h7-10,12-15,17-19,21-45,65H,2,6,11,16,20,46H2,1,3-5H3/b47-41+,69-67-,70-66+,71-64+. The highest BCUT2D eigenvalue weighted by Gasteiger charge is 2.24. The van der Waals surface area contributed by atoms with Gasteiger partial charge in [0, 0.05) is 22.1 Å². The van der Waals surface area contributed by atoms with Crippen LogP contribution in [-0.2, 0) is 18.4 Å². The first-order chi connectivity index (χ1) is 34.7. The number of aryl methyl sites for hydroxylation is 1. The molecule has 0 fully saturated rings. The summed E-state index contributed by atoms with van der Waals surface area (Å²) in [4.78, 5) is 16.1. The summed E-state index contributed by atoms with van der Waals surface area (Å²) in [6, 6.07) is 70.2. The Balaban J connectivity index is 0.955. The highest BCUT2D eigenvalue weighted by atomic mass is 14.9. The molecule has 10 rings (SSSR count). The quantitative estimate of drug-likeness (QED) is 0.0770. The SMILES string of the molecule is C=C/C(=N\C(=N/Cc1ccc2ccccc2c1)c1ccc(C(C)(C)c2ccc(C(CCC)/N=C(\C=C(/C)c3ccc4ccccc4c3)c3ccc4c(c3)C=CCC4)cc2)cc1)c1ccc2ccccc2c1. The number of allylic oxidation sites excluding steroid dienone is 4. The van der Waals surface area contributed by atoms with Crippen molar-refractivity contribution in [3.63, 3.8) is 0 Å². The highest BCUT2D eigenvalue weighted by molar-refractivity contribution is 6.17. The molecule has 1 unspecified atom stereocenters. The summed E-state index contributed by atoms with van der Waals surface area (Å²) in [6.07, 6.45) is 12.8. The second kappa shape index (κ2) is 20.9. The van der Waals surface area contributed by atoms with Gasteiger partial charge in [-0.2, -0.15) is 0 Å². The third-order valence-electron chi connectivity index (χ3n) is 14.3. The molecule has 0 aromatic heterocycles. The Morgan fingerprint density at radius 2 is 1.14 bits per heavy atom. The van der Waals surface area contributed by atoms with Gasteiger partial charge >= 0.3 is 0 Å². The van der Waals surface area contributed by atoms with Gasteiger partial charge in [-0.15, -0.1) is 0 Å². The minimum atomic E-state index is -0.273. The molecule has 0 amide bonds. The topological polar surface area (TPSA) is 37.1 Å². The zero-order valence-electron chi connectivity index (χ0n) is 41.4. The lowest BCUT2D eigenvalue weighted by molar-refractivity contribution is 0.629. The number of hydrogen-bond acceptors (Lipinski definition) is 2. The Morgan fingerprint density at radius 1 is 0.592 bits per heavy atom. The smallest absolute Gasteiger partial charge is 0.155 e. The fraction of sp³-hybridized carbons (Fsp3) is 0.162. The lowest BCUT2D eigenvalue weighted by Gasteiger charge is -2.27. The Hall–Kier alpha value is -8.01. The fourth-order valence-electron chi connectivity index (χ4n) is 9.96. The van der Waals surface area contributed by atoms with E-state index in [0.717, 1.165) is 64.7 Å². The van der Waals surface area contributed by atoms with Gasteiger partial charge in [0.15, 0.2) is 5.84 Å².